The quantitative estimate of drug-likeness (QED) is 0.863. The van der Waals surface area contributed by atoms with Crippen molar-refractivity contribution < 1.29 is 13.2 Å². The Kier molecular flexibility index (Phi) is 4.54. The second-order valence-corrected chi connectivity index (χ2v) is 7.54. The van der Waals surface area contributed by atoms with Gasteiger partial charge in [0.05, 0.1) is 6.26 Å². The van der Waals surface area contributed by atoms with Crippen molar-refractivity contribution in [2.75, 3.05) is 37.3 Å². The molecule has 3 rings (SSSR count). The highest BCUT2D eigenvalue weighted by atomic mass is 32.2. The van der Waals surface area contributed by atoms with Crippen LogP contribution in [-0.2, 0) is 10.0 Å². The SMILES string of the molecule is CS(=O)(=O)N1CCN(c2ccc(Oc3ccccc3)cc2)CC1. The molecule has 0 amide bonds. The van der Waals surface area contributed by atoms with E-state index < -0.39 is 10.0 Å². The first-order valence-corrected chi connectivity index (χ1v) is 9.40. The number of benzene rings is 2. The Morgan fingerprint density at radius 2 is 1.39 bits per heavy atom. The van der Waals surface area contributed by atoms with E-state index >= 15 is 0 Å². The van der Waals surface area contributed by atoms with Gasteiger partial charge in [-0.05, 0) is 36.4 Å². The highest BCUT2D eigenvalue weighted by molar-refractivity contribution is 7.88. The van der Waals surface area contributed by atoms with Crippen LogP contribution in [0.3, 0.4) is 0 Å². The van der Waals surface area contributed by atoms with Gasteiger partial charge in [-0.25, -0.2) is 8.42 Å². The minimum absolute atomic E-state index is 0.529. The van der Waals surface area contributed by atoms with Gasteiger partial charge in [0.2, 0.25) is 10.0 Å². The number of para-hydroxylation sites is 1. The van der Waals surface area contributed by atoms with E-state index in [1.165, 1.54) is 10.6 Å². The molecule has 0 aromatic heterocycles. The minimum Gasteiger partial charge on any atom is -0.457 e. The van der Waals surface area contributed by atoms with Gasteiger partial charge in [-0.1, -0.05) is 18.2 Å². The highest BCUT2D eigenvalue weighted by Gasteiger charge is 2.23. The Hall–Kier alpha value is -2.05. The Bertz CT molecular complexity index is 737. The number of hydrogen-bond donors (Lipinski definition) is 0. The molecule has 0 N–H and O–H groups in total. The molecular formula is C17H20N2O3S. The first-order valence-electron chi connectivity index (χ1n) is 7.55. The van der Waals surface area contributed by atoms with E-state index in [0.29, 0.717) is 26.2 Å². The number of sulfonamides is 1. The summed E-state index contributed by atoms with van der Waals surface area (Å²) in [5.41, 5.74) is 1.08. The average Bonchev–Trinajstić information content (AvgIpc) is 2.56. The van der Waals surface area contributed by atoms with Gasteiger partial charge in [0.1, 0.15) is 11.5 Å². The van der Waals surface area contributed by atoms with Crippen LogP contribution in [0.1, 0.15) is 0 Å². The summed E-state index contributed by atoms with van der Waals surface area (Å²) in [6.45, 7) is 2.46. The lowest BCUT2D eigenvalue weighted by molar-refractivity contribution is 0.388. The molecule has 0 saturated carbocycles. The lowest BCUT2D eigenvalue weighted by Gasteiger charge is -2.34. The molecule has 1 heterocycles. The van der Waals surface area contributed by atoms with E-state index in [9.17, 15) is 8.42 Å². The fourth-order valence-corrected chi connectivity index (χ4v) is 3.45. The number of nitrogens with zero attached hydrogens (tertiary/aromatic N) is 2. The summed E-state index contributed by atoms with van der Waals surface area (Å²) < 4.78 is 30.4. The zero-order chi connectivity index (χ0) is 16.3. The molecule has 1 aliphatic heterocycles. The second-order valence-electron chi connectivity index (χ2n) is 5.56. The molecular weight excluding hydrogens is 312 g/mol. The lowest BCUT2D eigenvalue weighted by atomic mass is 10.2. The van der Waals surface area contributed by atoms with Gasteiger partial charge >= 0.3 is 0 Å². The van der Waals surface area contributed by atoms with Gasteiger partial charge < -0.3 is 9.64 Å². The van der Waals surface area contributed by atoms with E-state index in [-0.39, 0.29) is 0 Å². The van der Waals surface area contributed by atoms with Crippen molar-refractivity contribution in [3.63, 3.8) is 0 Å². The normalized spacial score (nSPS) is 16.3. The van der Waals surface area contributed by atoms with Gasteiger partial charge in [0.15, 0.2) is 0 Å². The van der Waals surface area contributed by atoms with Crippen molar-refractivity contribution >= 4 is 15.7 Å². The summed E-state index contributed by atoms with van der Waals surface area (Å²) >= 11 is 0. The van der Waals surface area contributed by atoms with Gasteiger partial charge in [0.25, 0.3) is 0 Å². The van der Waals surface area contributed by atoms with E-state index in [1.54, 1.807) is 0 Å². The first-order chi connectivity index (χ1) is 11.0. The van der Waals surface area contributed by atoms with Crippen LogP contribution in [0.15, 0.2) is 54.6 Å². The van der Waals surface area contributed by atoms with E-state index in [0.717, 1.165) is 17.2 Å². The van der Waals surface area contributed by atoms with Crippen LogP contribution in [0.5, 0.6) is 11.5 Å². The third-order valence-electron chi connectivity index (χ3n) is 3.89. The molecule has 23 heavy (non-hydrogen) atoms. The van der Waals surface area contributed by atoms with Crippen LogP contribution in [0.2, 0.25) is 0 Å². The molecule has 1 saturated heterocycles. The van der Waals surface area contributed by atoms with Gasteiger partial charge in [0, 0.05) is 31.9 Å². The van der Waals surface area contributed by atoms with E-state index in [4.69, 9.17) is 4.74 Å². The monoisotopic (exact) mass is 332 g/mol. The Morgan fingerprint density at radius 1 is 0.826 bits per heavy atom. The molecule has 0 atom stereocenters. The van der Waals surface area contributed by atoms with Crippen molar-refractivity contribution in [1.82, 2.24) is 4.31 Å². The molecule has 0 unspecified atom stereocenters. The van der Waals surface area contributed by atoms with Crippen LogP contribution in [-0.4, -0.2) is 45.2 Å². The summed E-state index contributed by atoms with van der Waals surface area (Å²) in [6, 6.07) is 17.5. The van der Waals surface area contributed by atoms with Crippen molar-refractivity contribution in [2.45, 2.75) is 0 Å². The number of piperazine rings is 1. The molecule has 122 valence electrons. The summed E-state index contributed by atoms with van der Waals surface area (Å²) in [5.74, 6) is 1.59. The molecule has 1 fully saturated rings. The first kappa shape index (κ1) is 15.8. The van der Waals surface area contributed by atoms with Crippen LogP contribution in [0.25, 0.3) is 0 Å². The van der Waals surface area contributed by atoms with Crippen LogP contribution in [0, 0.1) is 0 Å². The molecule has 6 heteroatoms. The third kappa shape index (κ3) is 4.03. The summed E-state index contributed by atoms with van der Waals surface area (Å²) in [7, 11) is -3.09. The molecule has 2 aromatic rings. The molecule has 0 radical (unpaired) electrons. The molecule has 0 bridgehead atoms. The number of rotatable bonds is 4. The summed E-state index contributed by atoms with van der Waals surface area (Å²) in [4.78, 5) is 2.19. The zero-order valence-corrected chi connectivity index (χ0v) is 13.9. The summed E-state index contributed by atoms with van der Waals surface area (Å²) in [6.07, 6.45) is 1.26. The van der Waals surface area contributed by atoms with E-state index in [1.807, 2.05) is 54.6 Å². The predicted molar refractivity (Wildman–Crippen MR) is 91.6 cm³/mol. The second kappa shape index (κ2) is 6.60. The molecule has 2 aromatic carbocycles. The highest BCUT2D eigenvalue weighted by Crippen LogP contribution is 2.25. The maximum atomic E-state index is 11.5. The van der Waals surface area contributed by atoms with Crippen LogP contribution >= 0.6 is 0 Å². The Labute approximate surface area is 137 Å². The molecule has 0 spiro atoms. The predicted octanol–water partition coefficient (Wildman–Crippen LogP) is 2.56. The minimum atomic E-state index is -3.09. The topological polar surface area (TPSA) is 49.9 Å². The average molecular weight is 332 g/mol. The standard InChI is InChI=1S/C17H20N2O3S/c1-23(20,21)19-13-11-18(12-14-19)15-7-9-17(10-8-15)22-16-5-3-2-4-6-16/h2-10H,11-14H2,1H3. The van der Waals surface area contributed by atoms with Gasteiger partial charge in [-0.15, -0.1) is 0 Å². The van der Waals surface area contributed by atoms with Crippen molar-refractivity contribution in [1.29, 1.82) is 0 Å². The number of hydrogen-bond acceptors (Lipinski definition) is 4. The molecule has 1 aliphatic rings. The fraction of sp³-hybridized carbons (Fsp3) is 0.294. The smallest absolute Gasteiger partial charge is 0.211 e. The molecule has 0 aliphatic carbocycles. The van der Waals surface area contributed by atoms with Crippen molar-refractivity contribution in [3.8, 4) is 11.5 Å². The largest absolute Gasteiger partial charge is 0.457 e. The number of anilines is 1. The summed E-state index contributed by atoms with van der Waals surface area (Å²) in [5, 5.41) is 0. The Balaban J connectivity index is 1.62. The van der Waals surface area contributed by atoms with Crippen molar-refractivity contribution in [3.05, 3.63) is 54.6 Å². The maximum Gasteiger partial charge on any atom is 0.211 e. The van der Waals surface area contributed by atoms with Gasteiger partial charge in [-0.2, -0.15) is 4.31 Å². The Morgan fingerprint density at radius 3 is 1.96 bits per heavy atom. The third-order valence-corrected chi connectivity index (χ3v) is 5.19. The maximum absolute atomic E-state index is 11.5. The van der Waals surface area contributed by atoms with E-state index in [2.05, 4.69) is 4.90 Å². The number of ether oxygens (including phenoxy) is 1. The van der Waals surface area contributed by atoms with Crippen LogP contribution < -0.4 is 9.64 Å². The molecule has 5 nitrogen and oxygen atoms in total. The zero-order valence-electron chi connectivity index (χ0n) is 13.1. The fourth-order valence-electron chi connectivity index (χ4n) is 2.63. The van der Waals surface area contributed by atoms with Gasteiger partial charge in [-0.3, -0.25) is 0 Å². The lowest BCUT2D eigenvalue weighted by Crippen LogP contribution is -2.48. The van der Waals surface area contributed by atoms with Crippen LogP contribution in [0.4, 0.5) is 5.69 Å². The van der Waals surface area contributed by atoms with Crippen molar-refractivity contribution in [2.24, 2.45) is 0 Å².